The Balaban J connectivity index is 0.774. The van der Waals surface area contributed by atoms with Crippen LogP contribution in [0.15, 0.2) is 54.6 Å². The third kappa shape index (κ3) is 11.0. The highest BCUT2D eigenvalue weighted by Gasteiger charge is 2.46. The van der Waals surface area contributed by atoms with E-state index in [2.05, 4.69) is 23.6 Å². The summed E-state index contributed by atoms with van der Waals surface area (Å²) in [7, 11) is 0. The number of hydrogen-bond acceptors (Lipinski definition) is 8. The lowest BCUT2D eigenvalue weighted by Gasteiger charge is -2.27. The van der Waals surface area contributed by atoms with Crippen LogP contribution in [0.1, 0.15) is 138 Å². The molecule has 18 heteroatoms. The minimum Gasteiger partial charge on any atom is -0.493 e. The lowest BCUT2D eigenvalue weighted by molar-refractivity contribution is -0.142. The van der Waals surface area contributed by atoms with Gasteiger partial charge in [-0.3, -0.25) is 19.4 Å². The number of carboxylic acids is 2. The summed E-state index contributed by atoms with van der Waals surface area (Å²) in [6, 6.07) is 10.4. The quantitative estimate of drug-likeness (QED) is 0.0982. The van der Waals surface area contributed by atoms with Crippen molar-refractivity contribution in [3.8, 4) is 11.5 Å². The summed E-state index contributed by atoms with van der Waals surface area (Å²) < 4.78 is 74.8. The van der Waals surface area contributed by atoms with Gasteiger partial charge in [-0.15, -0.1) is 0 Å². The van der Waals surface area contributed by atoms with Crippen molar-refractivity contribution >= 4 is 47.0 Å². The Bertz CT molecular complexity index is 2860. The molecule has 4 heterocycles. The van der Waals surface area contributed by atoms with Gasteiger partial charge in [-0.1, -0.05) is 37.0 Å². The van der Waals surface area contributed by atoms with Crippen LogP contribution in [0.25, 0.3) is 0 Å². The van der Waals surface area contributed by atoms with Crippen LogP contribution in [0.5, 0.6) is 11.5 Å². The summed E-state index contributed by atoms with van der Waals surface area (Å²) in [4.78, 5) is 59.0. The van der Waals surface area contributed by atoms with Crippen LogP contribution in [0.2, 0.25) is 10.0 Å². The van der Waals surface area contributed by atoms with E-state index in [1.165, 1.54) is 47.4 Å². The summed E-state index contributed by atoms with van der Waals surface area (Å²) in [6.45, 7) is 8.27. The first-order chi connectivity index (χ1) is 35.2. The molecule has 1 unspecified atom stereocenters. The fourth-order valence-corrected chi connectivity index (χ4v) is 12.5. The molecule has 4 aromatic carbocycles. The van der Waals surface area contributed by atoms with Gasteiger partial charge in [0.1, 0.15) is 46.9 Å². The molecule has 0 spiro atoms. The normalized spacial score (nSPS) is 25.3. The van der Waals surface area contributed by atoms with Crippen molar-refractivity contribution < 1.29 is 56.4 Å². The van der Waals surface area contributed by atoms with E-state index in [0.717, 1.165) is 54.7 Å². The number of nitrogens with zero attached hydrogens (tertiary/aromatic N) is 4. The van der Waals surface area contributed by atoms with Gasteiger partial charge in [0.15, 0.2) is 0 Å². The molecule has 5 atom stereocenters. The summed E-state index contributed by atoms with van der Waals surface area (Å²) in [6.07, 6.45) is 5.81. The number of hydrogen-bond donors (Lipinski definition) is 2. The maximum Gasteiger partial charge on any atom is 0.327 e. The predicted octanol–water partition coefficient (Wildman–Crippen LogP) is 10.7. The van der Waals surface area contributed by atoms with E-state index in [0.29, 0.717) is 79.6 Å². The second-order valence-corrected chi connectivity index (χ2v) is 23.2. The molecule has 4 saturated heterocycles. The van der Waals surface area contributed by atoms with Crippen LogP contribution in [-0.2, 0) is 22.7 Å². The van der Waals surface area contributed by atoms with Crippen LogP contribution in [0.3, 0.4) is 0 Å². The highest BCUT2D eigenvalue weighted by Crippen LogP contribution is 2.48. The summed E-state index contributed by atoms with van der Waals surface area (Å²) in [5.74, 6) is -6.81. The van der Waals surface area contributed by atoms with Crippen molar-refractivity contribution in [1.82, 2.24) is 19.6 Å². The number of carbonyl (C=O) groups excluding carboxylic acids is 2. The zero-order chi connectivity index (χ0) is 52.4. The number of rotatable bonds is 17. The minimum atomic E-state index is -1.52. The molecule has 6 aliphatic rings. The zero-order valence-electron chi connectivity index (χ0n) is 41.4. The average molecular weight is 1060 g/mol. The van der Waals surface area contributed by atoms with Gasteiger partial charge in [0, 0.05) is 83.8 Å². The van der Waals surface area contributed by atoms with Gasteiger partial charge < -0.3 is 29.5 Å². The molecule has 10 rings (SSSR count). The molecular formula is C56H60Cl2F4N4O8. The number of benzene rings is 4. The first kappa shape index (κ1) is 52.0. The number of ether oxygens (including phenoxy) is 2. The van der Waals surface area contributed by atoms with Gasteiger partial charge in [-0.2, -0.15) is 0 Å². The van der Waals surface area contributed by atoms with Crippen molar-refractivity contribution in [2.75, 3.05) is 52.5 Å². The van der Waals surface area contributed by atoms with Crippen molar-refractivity contribution in [2.24, 2.45) is 10.8 Å². The molecule has 12 nitrogen and oxygen atoms in total. The van der Waals surface area contributed by atoms with E-state index in [1.54, 1.807) is 12.1 Å². The van der Waals surface area contributed by atoms with E-state index < -0.39 is 65.0 Å². The number of likely N-dealkylation sites (tertiary alicyclic amines) is 4. The number of amides is 2. The van der Waals surface area contributed by atoms with E-state index >= 15 is 13.2 Å². The third-order valence-electron chi connectivity index (χ3n) is 16.1. The van der Waals surface area contributed by atoms with Gasteiger partial charge in [0.05, 0.1) is 24.3 Å². The highest BCUT2D eigenvalue weighted by atomic mass is 35.5. The number of carboxylic acid groups (broad SMARTS) is 2. The van der Waals surface area contributed by atoms with Gasteiger partial charge in [0.2, 0.25) is 0 Å². The molecule has 2 saturated carbocycles. The number of halogens is 6. The summed E-state index contributed by atoms with van der Waals surface area (Å²) >= 11 is 12.9. The molecule has 4 aliphatic heterocycles. The predicted molar refractivity (Wildman–Crippen MR) is 268 cm³/mol. The molecule has 2 aliphatic carbocycles. The standard InChI is InChI=1S/C56H60Cl2F4N4O8/c1-55(10-14-63(27-55)25-31-16-35(57)20-36(59)17-31)29-74-48-24-44(61)41(22-39(48)34-7-8-34)52(68)66-13-9-37(50(66)54(71)72)49-42(58)18-32(19-45(49)62)26-64-15-11-56(2,28-64)30-73-47-23-43(60)40(21-38(47)33-5-6-33)51(67)65-12-3-4-46(65)53(69)70/h16-24,33-34,37,46,50H,3-15,25-30H2,1-2H3,(H,69,70)(H,71,72)/t37?,46-,50-,55+,56-/m0/s1. The molecule has 0 radical (unpaired) electrons. The molecular weight excluding hydrogens is 1000 g/mol. The van der Waals surface area contributed by atoms with Gasteiger partial charge in [-0.05, 0) is 147 Å². The zero-order valence-corrected chi connectivity index (χ0v) is 42.9. The third-order valence-corrected chi connectivity index (χ3v) is 16.6. The second-order valence-electron chi connectivity index (χ2n) is 22.3. The van der Waals surface area contributed by atoms with Crippen LogP contribution in [-0.4, -0.2) is 118 Å². The number of carbonyl (C=O) groups is 4. The van der Waals surface area contributed by atoms with Crippen LogP contribution >= 0.6 is 23.2 Å². The lowest BCUT2D eigenvalue weighted by Crippen LogP contribution is -2.43. The van der Waals surface area contributed by atoms with Crippen molar-refractivity contribution in [3.63, 3.8) is 0 Å². The van der Waals surface area contributed by atoms with Crippen LogP contribution in [0, 0.1) is 34.1 Å². The Morgan fingerprint density at radius 1 is 0.622 bits per heavy atom. The largest absolute Gasteiger partial charge is 0.493 e. The SMILES string of the molecule is C[C@@]1(COc2cc(F)c(C(=O)N3CCC(c4c(F)cc(CN5CC[C@](C)(COc6cc(F)c(C(=O)N7CCC[C@H]7C(=O)O)cc6C6CC6)C5)cc4Cl)[C@H]3C(=O)O)cc2C2CC2)CCN(Cc2cc(F)cc(Cl)c2)C1. The minimum absolute atomic E-state index is 0.0204. The maximum absolute atomic E-state index is 16.4. The smallest absolute Gasteiger partial charge is 0.327 e. The van der Waals surface area contributed by atoms with E-state index in [-0.39, 0.29) is 77.1 Å². The van der Waals surface area contributed by atoms with E-state index in [9.17, 15) is 33.8 Å². The fraction of sp³-hybridized carbons (Fsp3) is 0.500. The highest BCUT2D eigenvalue weighted by molar-refractivity contribution is 6.31. The van der Waals surface area contributed by atoms with Crippen LogP contribution in [0.4, 0.5) is 17.6 Å². The molecule has 6 fully saturated rings. The first-order valence-electron chi connectivity index (χ1n) is 25.6. The lowest BCUT2D eigenvalue weighted by atomic mass is 9.90. The van der Waals surface area contributed by atoms with Crippen molar-refractivity contribution in [2.45, 2.75) is 115 Å². The Morgan fingerprint density at radius 2 is 1.16 bits per heavy atom. The summed E-state index contributed by atoms with van der Waals surface area (Å²) in [5.41, 5.74) is 1.61. The fourth-order valence-electron chi connectivity index (χ4n) is 11.9. The number of aliphatic carboxylic acids is 2. The maximum atomic E-state index is 16.4. The Kier molecular flexibility index (Phi) is 14.5. The molecule has 0 aromatic heterocycles. The Morgan fingerprint density at radius 3 is 1.66 bits per heavy atom. The monoisotopic (exact) mass is 1060 g/mol. The molecule has 74 heavy (non-hydrogen) atoms. The molecule has 2 N–H and O–H groups in total. The Labute approximate surface area is 437 Å². The van der Waals surface area contributed by atoms with Gasteiger partial charge in [0.25, 0.3) is 11.8 Å². The first-order valence-corrected chi connectivity index (χ1v) is 26.4. The van der Waals surface area contributed by atoms with Crippen molar-refractivity contribution in [3.05, 3.63) is 127 Å². The molecule has 0 bridgehead atoms. The Hall–Kier alpha value is -5.42. The van der Waals surface area contributed by atoms with Gasteiger partial charge in [-0.25, -0.2) is 27.2 Å². The molecule has 2 amide bonds. The van der Waals surface area contributed by atoms with Crippen molar-refractivity contribution in [1.29, 1.82) is 0 Å². The topological polar surface area (TPSA) is 140 Å². The van der Waals surface area contributed by atoms with Gasteiger partial charge >= 0.3 is 11.9 Å². The second kappa shape index (κ2) is 20.6. The van der Waals surface area contributed by atoms with E-state index in [1.807, 2.05) is 0 Å². The average Bonchev–Trinajstić information content (AvgIpc) is 4.18. The molecule has 4 aromatic rings. The van der Waals surface area contributed by atoms with Crippen LogP contribution < -0.4 is 9.47 Å². The summed E-state index contributed by atoms with van der Waals surface area (Å²) in [5, 5.41) is 20.6. The molecule has 394 valence electrons. The van der Waals surface area contributed by atoms with E-state index in [4.69, 9.17) is 32.7 Å².